The van der Waals surface area contributed by atoms with Gasteiger partial charge in [0.1, 0.15) is 6.54 Å². The van der Waals surface area contributed by atoms with Crippen LogP contribution in [-0.2, 0) is 21.4 Å². The topological polar surface area (TPSA) is 66.5 Å². The molecule has 0 atom stereocenters. The molecule has 168 valence electrons. The number of carbonyl (C=O) groups is 1. The maximum Gasteiger partial charge on any atom is 0.264 e. The number of halogens is 1. The first-order valence-electron chi connectivity index (χ1n) is 10.4. The minimum atomic E-state index is -3.99. The van der Waals surface area contributed by atoms with Crippen molar-refractivity contribution in [1.82, 2.24) is 5.32 Å². The summed E-state index contributed by atoms with van der Waals surface area (Å²) in [5.74, 6) is -0.401. The van der Waals surface area contributed by atoms with Gasteiger partial charge in [-0.25, -0.2) is 8.42 Å². The maximum absolute atomic E-state index is 13.4. The van der Waals surface area contributed by atoms with Gasteiger partial charge < -0.3 is 5.32 Å². The quantitative estimate of drug-likeness (QED) is 0.391. The van der Waals surface area contributed by atoms with Gasteiger partial charge in [-0.15, -0.1) is 0 Å². The number of nitrogens with zero attached hydrogens (tertiary/aromatic N) is 1. The van der Waals surface area contributed by atoms with E-state index in [2.05, 4.69) is 5.32 Å². The van der Waals surface area contributed by atoms with E-state index >= 15 is 0 Å². The number of rotatable bonds is 7. The molecule has 4 aromatic carbocycles. The van der Waals surface area contributed by atoms with E-state index in [9.17, 15) is 13.2 Å². The van der Waals surface area contributed by atoms with Crippen LogP contribution in [0, 0.1) is 6.92 Å². The highest BCUT2D eigenvalue weighted by Crippen LogP contribution is 2.25. The number of sulfonamides is 1. The van der Waals surface area contributed by atoms with Gasteiger partial charge in [0.2, 0.25) is 5.91 Å². The Balaban J connectivity index is 1.60. The zero-order valence-electron chi connectivity index (χ0n) is 18.0. The number of anilines is 1. The number of benzene rings is 4. The first-order valence-corrected chi connectivity index (χ1v) is 12.2. The molecule has 7 heteroatoms. The second kappa shape index (κ2) is 9.65. The minimum absolute atomic E-state index is 0.0651. The number of hydrogen-bond donors (Lipinski definition) is 1. The molecule has 1 N–H and O–H groups in total. The van der Waals surface area contributed by atoms with Crippen LogP contribution in [-0.4, -0.2) is 20.9 Å². The standard InChI is InChI=1S/C26H23ClN2O3S/c1-19-6-4-10-23(16-19)29(33(31,32)24-14-12-22(27)13-15-24)18-26(30)28-17-21-9-5-8-20-7-2-3-11-25(20)21/h2-16H,17-18H2,1H3,(H,28,30). The van der Waals surface area contributed by atoms with E-state index in [1.54, 1.807) is 18.2 Å². The van der Waals surface area contributed by atoms with Crippen LogP contribution in [0.1, 0.15) is 11.1 Å². The summed E-state index contributed by atoms with van der Waals surface area (Å²) in [5, 5.41) is 5.43. The van der Waals surface area contributed by atoms with Crippen molar-refractivity contribution in [2.24, 2.45) is 0 Å². The molecule has 0 aliphatic heterocycles. The Morgan fingerprint density at radius 1 is 0.909 bits per heavy atom. The molecule has 0 saturated carbocycles. The molecule has 0 spiro atoms. The SMILES string of the molecule is Cc1cccc(N(CC(=O)NCc2cccc3ccccc23)S(=O)(=O)c2ccc(Cl)cc2)c1. The number of hydrogen-bond acceptors (Lipinski definition) is 3. The first kappa shape index (κ1) is 22.8. The summed E-state index contributed by atoms with van der Waals surface area (Å²) in [6.07, 6.45) is 0. The number of fused-ring (bicyclic) bond motifs is 1. The van der Waals surface area contributed by atoms with Crippen LogP contribution in [0.2, 0.25) is 5.02 Å². The van der Waals surface area contributed by atoms with E-state index in [1.807, 2.05) is 55.5 Å². The van der Waals surface area contributed by atoms with Crippen molar-refractivity contribution in [3.63, 3.8) is 0 Å². The Labute approximate surface area is 198 Å². The van der Waals surface area contributed by atoms with E-state index in [0.29, 0.717) is 17.3 Å². The lowest BCUT2D eigenvalue weighted by molar-refractivity contribution is -0.119. The predicted molar refractivity (Wildman–Crippen MR) is 133 cm³/mol. The van der Waals surface area contributed by atoms with Gasteiger partial charge in [-0.3, -0.25) is 9.10 Å². The molecule has 0 aromatic heterocycles. The minimum Gasteiger partial charge on any atom is -0.350 e. The molecule has 0 fully saturated rings. The second-order valence-corrected chi connectivity index (χ2v) is 10.0. The lowest BCUT2D eigenvalue weighted by Crippen LogP contribution is -2.40. The van der Waals surface area contributed by atoms with Crippen molar-refractivity contribution < 1.29 is 13.2 Å². The van der Waals surface area contributed by atoms with Crippen molar-refractivity contribution in [2.45, 2.75) is 18.4 Å². The van der Waals surface area contributed by atoms with Gasteiger partial charge in [0.15, 0.2) is 0 Å². The van der Waals surface area contributed by atoms with Gasteiger partial charge in [0, 0.05) is 11.6 Å². The van der Waals surface area contributed by atoms with Crippen molar-refractivity contribution in [3.05, 3.63) is 107 Å². The molecule has 33 heavy (non-hydrogen) atoms. The molecule has 0 unspecified atom stereocenters. The van der Waals surface area contributed by atoms with Crippen molar-refractivity contribution in [1.29, 1.82) is 0 Å². The zero-order valence-corrected chi connectivity index (χ0v) is 19.6. The summed E-state index contributed by atoms with van der Waals surface area (Å²) in [6.45, 7) is 1.82. The van der Waals surface area contributed by atoms with E-state index in [1.165, 1.54) is 24.3 Å². The molecule has 0 saturated heterocycles. The van der Waals surface area contributed by atoms with Gasteiger partial charge in [0.05, 0.1) is 10.6 Å². The van der Waals surface area contributed by atoms with Gasteiger partial charge >= 0.3 is 0 Å². The van der Waals surface area contributed by atoms with Crippen molar-refractivity contribution in [3.8, 4) is 0 Å². The number of aryl methyl sites for hydroxylation is 1. The lowest BCUT2D eigenvalue weighted by Gasteiger charge is -2.24. The molecule has 0 aliphatic carbocycles. The smallest absolute Gasteiger partial charge is 0.264 e. The van der Waals surface area contributed by atoms with Gasteiger partial charge in [0.25, 0.3) is 10.0 Å². The van der Waals surface area contributed by atoms with E-state index in [-0.39, 0.29) is 11.4 Å². The summed E-state index contributed by atoms with van der Waals surface area (Å²) >= 11 is 5.93. The monoisotopic (exact) mass is 478 g/mol. The summed E-state index contributed by atoms with van der Waals surface area (Å²) in [5.41, 5.74) is 2.27. The Hall–Kier alpha value is -3.35. The van der Waals surface area contributed by atoms with Crippen LogP contribution in [0.25, 0.3) is 10.8 Å². The Bertz CT molecular complexity index is 1400. The third-order valence-corrected chi connectivity index (χ3v) is 7.37. The largest absolute Gasteiger partial charge is 0.350 e. The second-order valence-electron chi connectivity index (χ2n) is 7.72. The van der Waals surface area contributed by atoms with Crippen LogP contribution in [0.5, 0.6) is 0 Å². The molecule has 0 heterocycles. The summed E-state index contributed by atoms with van der Waals surface area (Å²) in [6, 6.07) is 26.8. The predicted octanol–water partition coefficient (Wildman–Crippen LogP) is 5.31. The fraction of sp³-hybridized carbons (Fsp3) is 0.115. The van der Waals surface area contributed by atoms with Crippen molar-refractivity contribution >= 4 is 44.0 Å². The molecule has 4 aromatic rings. The average Bonchev–Trinajstić information content (AvgIpc) is 2.81. The van der Waals surface area contributed by atoms with Crippen LogP contribution in [0.3, 0.4) is 0 Å². The number of carbonyl (C=O) groups excluding carboxylic acids is 1. The van der Waals surface area contributed by atoms with Gasteiger partial charge in [-0.2, -0.15) is 0 Å². The molecule has 0 bridgehead atoms. The van der Waals surface area contributed by atoms with Crippen LogP contribution in [0.15, 0.2) is 95.9 Å². The highest BCUT2D eigenvalue weighted by molar-refractivity contribution is 7.92. The third kappa shape index (κ3) is 5.18. The molecule has 1 amide bonds. The Kier molecular flexibility index (Phi) is 6.67. The highest BCUT2D eigenvalue weighted by atomic mass is 35.5. The third-order valence-electron chi connectivity index (χ3n) is 5.33. The van der Waals surface area contributed by atoms with Crippen LogP contribution in [0.4, 0.5) is 5.69 Å². The maximum atomic E-state index is 13.4. The van der Waals surface area contributed by atoms with E-state index < -0.39 is 15.9 Å². The first-order chi connectivity index (χ1) is 15.8. The zero-order chi connectivity index (χ0) is 23.4. The molecule has 4 rings (SSSR count). The molecular formula is C26H23ClN2O3S. The Morgan fingerprint density at radius 2 is 1.61 bits per heavy atom. The van der Waals surface area contributed by atoms with E-state index in [4.69, 9.17) is 11.6 Å². The average molecular weight is 479 g/mol. The lowest BCUT2D eigenvalue weighted by atomic mass is 10.0. The molecular weight excluding hydrogens is 456 g/mol. The summed E-state index contributed by atoms with van der Waals surface area (Å²) in [4.78, 5) is 13.0. The normalized spacial score (nSPS) is 11.3. The number of amides is 1. The Morgan fingerprint density at radius 3 is 2.36 bits per heavy atom. The van der Waals surface area contributed by atoms with Crippen LogP contribution < -0.4 is 9.62 Å². The number of nitrogens with one attached hydrogen (secondary N) is 1. The fourth-order valence-electron chi connectivity index (χ4n) is 3.66. The summed E-state index contributed by atoms with van der Waals surface area (Å²) in [7, 11) is -3.99. The van der Waals surface area contributed by atoms with Gasteiger partial charge in [-0.05, 0) is 65.2 Å². The summed E-state index contributed by atoms with van der Waals surface area (Å²) < 4.78 is 28.0. The fourth-order valence-corrected chi connectivity index (χ4v) is 5.20. The molecule has 0 radical (unpaired) electrons. The highest BCUT2D eigenvalue weighted by Gasteiger charge is 2.27. The van der Waals surface area contributed by atoms with E-state index in [0.717, 1.165) is 26.2 Å². The van der Waals surface area contributed by atoms with Crippen LogP contribution >= 0.6 is 11.6 Å². The molecule has 0 aliphatic rings. The molecule has 5 nitrogen and oxygen atoms in total. The van der Waals surface area contributed by atoms with Crippen molar-refractivity contribution in [2.75, 3.05) is 10.8 Å². The van der Waals surface area contributed by atoms with Gasteiger partial charge in [-0.1, -0.05) is 66.2 Å².